The molecule has 2 aromatic heterocycles. The summed E-state index contributed by atoms with van der Waals surface area (Å²) in [7, 11) is 0. The zero-order chi connectivity index (χ0) is 24.5. The Morgan fingerprint density at radius 2 is 1.97 bits per heavy atom. The summed E-state index contributed by atoms with van der Waals surface area (Å²) in [4.78, 5) is 12.1. The molecule has 7 nitrogen and oxygen atoms in total. The van der Waals surface area contributed by atoms with E-state index in [4.69, 9.17) is 9.47 Å². The van der Waals surface area contributed by atoms with Crippen molar-refractivity contribution in [1.29, 1.82) is 0 Å². The monoisotopic (exact) mass is 472 g/mol. The Kier molecular flexibility index (Phi) is 6.24. The molecule has 1 saturated carbocycles. The maximum atomic E-state index is 12.1. The molecule has 7 heteroatoms. The number of carbonyl (C=O) groups excluding carboxylic acids is 1. The molecule has 0 unspecified atom stereocenters. The van der Waals surface area contributed by atoms with Gasteiger partial charge in [-0.05, 0) is 82.3 Å². The highest BCUT2D eigenvalue weighted by molar-refractivity contribution is 6.05. The summed E-state index contributed by atoms with van der Waals surface area (Å²) in [5.41, 5.74) is 7.25. The van der Waals surface area contributed by atoms with Gasteiger partial charge in [0.2, 0.25) is 0 Å². The van der Waals surface area contributed by atoms with Crippen molar-refractivity contribution in [3.63, 3.8) is 0 Å². The van der Waals surface area contributed by atoms with Crippen LogP contribution in [0, 0.1) is 6.92 Å². The number of fused-ring (bicyclic) bond motifs is 1. The topological polar surface area (TPSA) is 81.2 Å². The molecule has 0 spiro atoms. The molecule has 0 aliphatic heterocycles. The third-order valence-corrected chi connectivity index (χ3v) is 6.54. The van der Waals surface area contributed by atoms with E-state index in [0.717, 1.165) is 57.6 Å². The number of nitrogens with one attached hydrogen (secondary N) is 2. The van der Waals surface area contributed by atoms with Gasteiger partial charge in [-0.2, -0.15) is 5.10 Å². The third-order valence-electron chi connectivity index (χ3n) is 6.54. The summed E-state index contributed by atoms with van der Waals surface area (Å²) in [6.07, 6.45) is 4.84. The summed E-state index contributed by atoms with van der Waals surface area (Å²) in [6.45, 7) is 8.37. The predicted octanol–water partition coefficient (Wildman–Crippen LogP) is 7.09. The smallest absolute Gasteiger partial charge is 0.411 e. The van der Waals surface area contributed by atoms with E-state index >= 15 is 0 Å². The Morgan fingerprint density at radius 3 is 2.57 bits per heavy atom. The minimum absolute atomic E-state index is 0.173. The largest absolute Gasteiger partial charge is 0.494 e. The van der Waals surface area contributed by atoms with Gasteiger partial charge in [0.15, 0.2) is 0 Å². The molecule has 1 aliphatic carbocycles. The molecule has 5 rings (SSSR count). The average Bonchev–Trinajstić information content (AvgIpc) is 3.34. The third kappa shape index (κ3) is 4.38. The molecule has 4 aromatic rings. The first-order chi connectivity index (χ1) is 17.0. The number of hydrogen-bond acceptors (Lipinski definition) is 4. The van der Waals surface area contributed by atoms with Gasteiger partial charge < -0.3 is 14.0 Å². The van der Waals surface area contributed by atoms with Crippen molar-refractivity contribution < 1.29 is 14.3 Å². The van der Waals surface area contributed by atoms with E-state index in [9.17, 15) is 4.79 Å². The zero-order valence-corrected chi connectivity index (χ0v) is 20.7. The fourth-order valence-electron chi connectivity index (χ4n) is 4.77. The van der Waals surface area contributed by atoms with Gasteiger partial charge in [0, 0.05) is 34.9 Å². The fraction of sp³-hybridized carbons (Fsp3) is 0.357. The standard InChI is InChI=1S/C28H32N4O3/c1-5-34-22-13-14-23-24(15-22)32(21-7-6-8-21)27(25(23)26-18(4)16-29-31-26)19-9-11-20(12-10-19)30-28(33)35-17(2)3/h9-17,21H,5-8H2,1-4H3,(H,29,31)(H,30,33). The number of nitrogens with zero attached hydrogens (tertiary/aromatic N) is 2. The number of benzene rings is 2. The number of H-pyrrole nitrogens is 1. The van der Waals surface area contributed by atoms with Crippen LogP contribution in [0.4, 0.5) is 10.5 Å². The van der Waals surface area contributed by atoms with Gasteiger partial charge in [-0.15, -0.1) is 0 Å². The molecule has 1 fully saturated rings. The number of aromatic nitrogens is 3. The average molecular weight is 473 g/mol. The number of hydrogen-bond donors (Lipinski definition) is 2. The van der Waals surface area contributed by atoms with Crippen molar-refractivity contribution in [2.45, 2.75) is 59.1 Å². The molecular formula is C28H32N4O3. The van der Waals surface area contributed by atoms with Crippen molar-refractivity contribution in [1.82, 2.24) is 14.8 Å². The number of aromatic amines is 1. The molecule has 0 radical (unpaired) electrons. The second-order valence-electron chi connectivity index (χ2n) is 9.36. The Hall–Kier alpha value is -3.74. The van der Waals surface area contributed by atoms with Crippen LogP contribution in [0.5, 0.6) is 5.75 Å². The van der Waals surface area contributed by atoms with Crippen molar-refractivity contribution in [2.24, 2.45) is 0 Å². The van der Waals surface area contributed by atoms with Gasteiger partial charge in [-0.3, -0.25) is 10.4 Å². The van der Waals surface area contributed by atoms with E-state index in [1.54, 1.807) is 0 Å². The Balaban J connectivity index is 1.67. The van der Waals surface area contributed by atoms with Gasteiger partial charge in [0.25, 0.3) is 0 Å². The van der Waals surface area contributed by atoms with E-state index < -0.39 is 6.09 Å². The summed E-state index contributed by atoms with van der Waals surface area (Å²) < 4.78 is 13.6. The maximum Gasteiger partial charge on any atom is 0.411 e. The molecule has 35 heavy (non-hydrogen) atoms. The second kappa shape index (κ2) is 9.49. The van der Waals surface area contributed by atoms with Crippen LogP contribution in [0.3, 0.4) is 0 Å². The Bertz CT molecular complexity index is 1350. The summed E-state index contributed by atoms with van der Waals surface area (Å²) in [6, 6.07) is 14.7. The number of anilines is 1. The molecule has 2 N–H and O–H groups in total. The lowest BCUT2D eigenvalue weighted by molar-refractivity contribution is 0.130. The van der Waals surface area contributed by atoms with E-state index in [1.165, 1.54) is 6.42 Å². The van der Waals surface area contributed by atoms with Crippen LogP contribution in [0.1, 0.15) is 51.6 Å². The van der Waals surface area contributed by atoms with Gasteiger partial charge in [-0.1, -0.05) is 12.1 Å². The lowest BCUT2D eigenvalue weighted by Crippen LogP contribution is -2.18. The molecule has 1 aliphatic rings. The lowest BCUT2D eigenvalue weighted by Gasteiger charge is -2.30. The zero-order valence-electron chi connectivity index (χ0n) is 20.7. The van der Waals surface area contributed by atoms with Crippen LogP contribution in [-0.4, -0.2) is 33.6 Å². The number of amides is 1. The molecule has 2 heterocycles. The number of rotatable bonds is 7. The van der Waals surface area contributed by atoms with Crippen molar-refractivity contribution >= 4 is 22.7 Å². The molecule has 182 valence electrons. The predicted molar refractivity (Wildman–Crippen MR) is 139 cm³/mol. The van der Waals surface area contributed by atoms with Crippen LogP contribution in [0.25, 0.3) is 33.4 Å². The maximum absolute atomic E-state index is 12.1. The minimum atomic E-state index is -0.451. The van der Waals surface area contributed by atoms with Crippen molar-refractivity contribution in [3.05, 3.63) is 54.2 Å². The lowest BCUT2D eigenvalue weighted by atomic mass is 9.92. The molecule has 0 saturated heterocycles. The normalized spacial score (nSPS) is 13.7. The van der Waals surface area contributed by atoms with Crippen molar-refractivity contribution in [2.75, 3.05) is 11.9 Å². The first kappa shape index (κ1) is 23.0. The first-order valence-corrected chi connectivity index (χ1v) is 12.4. The van der Waals surface area contributed by atoms with Gasteiger partial charge in [-0.25, -0.2) is 4.79 Å². The van der Waals surface area contributed by atoms with E-state index in [-0.39, 0.29) is 6.10 Å². The minimum Gasteiger partial charge on any atom is -0.494 e. The van der Waals surface area contributed by atoms with E-state index in [2.05, 4.69) is 51.3 Å². The summed E-state index contributed by atoms with van der Waals surface area (Å²) >= 11 is 0. The van der Waals surface area contributed by atoms with E-state index in [1.807, 2.05) is 45.2 Å². The Morgan fingerprint density at radius 1 is 1.20 bits per heavy atom. The van der Waals surface area contributed by atoms with Crippen LogP contribution in [0.2, 0.25) is 0 Å². The van der Waals surface area contributed by atoms with Crippen molar-refractivity contribution in [3.8, 4) is 28.3 Å². The summed E-state index contributed by atoms with van der Waals surface area (Å²) in [5, 5.41) is 11.6. The SMILES string of the molecule is CCOc1ccc2c(-c3n[nH]cc3C)c(-c3ccc(NC(=O)OC(C)C)cc3)n(C3CCC3)c2c1. The van der Waals surface area contributed by atoms with Crippen LogP contribution in [0.15, 0.2) is 48.7 Å². The number of carbonyl (C=O) groups is 1. The van der Waals surface area contributed by atoms with E-state index in [0.29, 0.717) is 18.3 Å². The number of ether oxygens (including phenoxy) is 2. The first-order valence-electron chi connectivity index (χ1n) is 12.4. The Labute approximate surface area is 205 Å². The van der Waals surface area contributed by atoms with Crippen LogP contribution < -0.4 is 10.1 Å². The van der Waals surface area contributed by atoms with Gasteiger partial charge in [0.05, 0.1) is 29.6 Å². The molecule has 1 amide bonds. The van der Waals surface area contributed by atoms with Crippen LogP contribution in [-0.2, 0) is 4.74 Å². The number of aryl methyl sites for hydroxylation is 1. The molecule has 2 aromatic carbocycles. The summed E-state index contributed by atoms with van der Waals surface area (Å²) in [5.74, 6) is 0.873. The highest BCUT2D eigenvalue weighted by atomic mass is 16.6. The highest BCUT2D eigenvalue weighted by Gasteiger charge is 2.29. The van der Waals surface area contributed by atoms with Crippen LogP contribution >= 0.6 is 0 Å². The second-order valence-corrected chi connectivity index (χ2v) is 9.36. The molecule has 0 atom stereocenters. The van der Waals surface area contributed by atoms with Gasteiger partial charge >= 0.3 is 6.09 Å². The highest BCUT2D eigenvalue weighted by Crippen LogP contribution is 2.47. The quantitative estimate of drug-likeness (QED) is 0.301. The van der Waals surface area contributed by atoms with Gasteiger partial charge in [0.1, 0.15) is 5.75 Å². The molecule has 0 bridgehead atoms. The fourth-order valence-corrected chi connectivity index (χ4v) is 4.77. The molecular weight excluding hydrogens is 440 g/mol.